The van der Waals surface area contributed by atoms with Crippen LogP contribution in [-0.4, -0.2) is 14.5 Å². The van der Waals surface area contributed by atoms with Gasteiger partial charge in [0.05, 0.1) is 0 Å². The SMILES string of the molecule is CC(C)C([O])C(I)CI. The molecule has 0 heterocycles. The molecule has 1 radical (unpaired) electrons. The number of halogens is 2. The summed E-state index contributed by atoms with van der Waals surface area (Å²) in [6.45, 7) is 3.96. The maximum Gasteiger partial charge on any atom is 0.108 e. The zero-order chi connectivity index (χ0) is 7.44. The Morgan fingerprint density at radius 3 is 2.00 bits per heavy atom. The molecule has 0 saturated heterocycles. The molecule has 0 aromatic heterocycles. The Hall–Kier alpha value is 1.42. The van der Waals surface area contributed by atoms with Gasteiger partial charge in [-0.15, -0.1) is 0 Å². The van der Waals surface area contributed by atoms with Gasteiger partial charge in [0.2, 0.25) is 0 Å². The minimum atomic E-state index is -0.387. The molecule has 0 aromatic rings. The quantitative estimate of drug-likeness (QED) is 0.550. The fraction of sp³-hybridized carbons (Fsp3) is 1.00. The van der Waals surface area contributed by atoms with Gasteiger partial charge in [-0.05, 0) is 5.92 Å². The molecule has 0 aromatic carbocycles. The van der Waals surface area contributed by atoms with Gasteiger partial charge in [0.25, 0.3) is 0 Å². The average molecular weight is 353 g/mol. The maximum absolute atomic E-state index is 11.1. The van der Waals surface area contributed by atoms with Crippen molar-refractivity contribution in [3.8, 4) is 0 Å². The molecule has 0 aliphatic carbocycles. The first-order valence-electron chi connectivity index (χ1n) is 2.95. The van der Waals surface area contributed by atoms with Crippen LogP contribution in [0, 0.1) is 5.92 Å². The van der Waals surface area contributed by atoms with E-state index < -0.39 is 0 Å². The summed E-state index contributed by atoms with van der Waals surface area (Å²) in [5.41, 5.74) is 0. The van der Waals surface area contributed by atoms with Crippen LogP contribution in [0.5, 0.6) is 0 Å². The molecule has 2 atom stereocenters. The molecule has 0 spiro atoms. The van der Waals surface area contributed by atoms with Crippen molar-refractivity contribution in [2.45, 2.75) is 23.9 Å². The van der Waals surface area contributed by atoms with E-state index in [-0.39, 0.29) is 12.0 Å². The monoisotopic (exact) mass is 353 g/mol. The van der Waals surface area contributed by atoms with Gasteiger partial charge in [-0.2, -0.15) is 0 Å². The van der Waals surface area contributed by atoms with E-state index in [0.29, 0.717) is 3.92 Å². The van der Waals surface area contributed by atoms with Crippen molar-refractivity contribution in [3.63, 3.8) is 0 Å². The molecule has 0 aliphatic heterocycles. The molecular weight excluding hydrogens is 342 g/mol. The summed E-state index contributed by atoms with van der Waals surface area (Å²) >= 11 is 4.48. The molecule has 0 saturated carbocycles. The van der Waals surface area contributed by atoms with Crippen LogP contribution in [0.3, 0.4) is 0 Å². The van der Waals surface area contributed by atoms with Gasteiger partial charge < -0.3 is 0 Å². The van der Waals surface area contributed by atoms with Crippen LogP contribution in [0.4, 0.5) is 0 Å². The Labute approximate surface area is 83.9 Å². The van der Waals surface area contributed by atoms with Crippen LogP contribution in [0.1, 0.15) is 13.8 Å². The van der Waals surface area contributed by atoms with E-state index in [9.17, 15) is 5.11 Å². The minimum Gasteiger partial charge on any atom is -0.232 e. The fourth-order valence-corrected chi connectivity index (χ4v) is 1.84. The van der Waals surface area contributed by atoms with E-state index in [1.54, 1.807) is 0 Å². The molecule has 3 heteroatoms. The zero-order valence-corrected chi connectivity index (χ0v) is 9.92. The number of alkyl halides is 2. The predicted molar refractivity (Wildman–Crippen MR) is 56.0 cm³/mol. The van der Waals surface area contributed by atoms with Gasteiger partial charge in [-0.25, -0.2) is 5.11 Å². The number of hydrogen-bond donors (Lipinski definition) is 0. The molecule has 0 aliphatic rings. The predicted octanol–water partition coefficient (Wildman–Crippen LogP) is 2.68. The highest BCUT2D eigenvalue weighted by Crippen LogP contribution is 2.16. The van der Waals surface area contributed by atoms with Gasteiger partial charge in [-0.1, -0.05) is 59.0 Å². The van der Waals surface area contributed by atoms with Gasteiger partial charge >= 0.3 is 0 Å². The van der Waals surface area contributed by atoms with Crippen molar-refractivity contribution >= 4 is 45.2 Å². The average Bonchev–Trinajstić information content (AvgIpc) is 1.84. The van der Waals surface area contributed by atoms with E-state index in [4.69, 9.17) is 0 Å². The highest BCUT2D eigenvalue weighted by Gasteiger charge is 2.19. The van der Waals surface area contributed by atoms with E-state index in [1.165, 1.54) is 0 Å². The Kier molecular flexibility index (Phi) is 5.93. The van der Waals surface area contributed by atoms with Crippen LogP contribution >= 0.6 is 45.2 Å². The molecule has 0 N–H and O–H groups in total. The third kappa shape index (κ3) is 3.98. The van der Waals surface area contributed by atoms with Crippen LogP contribution in [0.2, 0.25) is 0 Å². The standard InChI is InChI=1S/C6H11I2O/c1-4(2)6(9)5(8)3-7/h4-6H,3H2,1-2H3. The first kappa shape index (κ1) is 10.4. The molecule has 0 amide bonds. The lowest BCUT2D eigenvalue weighted by atomic mass is 10.1. The largest absolute Gasteiger partial charge is 0.232 e. The Balaban J connectivity index is 3.58. The molecule has 0 bridgehead atoms. The van der Waals surface area contributed by atoms with Crippen molar-refractivity contribution in [2.24, 2.45) is 5.92 Å². The van der Waals surface area contributed by atoms with Gasteiger partial charge in [0, 0.05) is 8.35 Å². The summed E-state index contributed by atoms with van der Waals surface area (Å²) < 4.78 is 1.26. The second kappa shape index (κ2) is 5.12. The normalized spacial score (nSPS) is 18.0. The molecule has 0 rings (SSSR count). The smallest absolute Gasteiger partial charge is 0.108 e. The van der Waals surface area contributed by atoms with Gasteiger partial charge in [0.15, 0.2) is 0 Å². The highest BCUT2D eigenvalue weighted by atomic mass is 127. The zero-order valence-electron chi connectivity index (χ0n) is 5.60. The fourth-order valence-electron chi connectivity index (χ4n) is 0.505. The number of hydrogen-bond acceptors (Lipinski definition) is 0. The van der Waals surface area contributed by atoms with Crippen molar-refractivity contribution in [1.29, 1.82) is 0 Å². The molecule has 2 unspecified atom stereocenters. The van der Waals surface area contributed by atoms with Crippen LogP contribution in [-0.2, 0) is 5.11 Å². The number of rotatable bonds is 3. The lowest BCUT2D eigenvalue weighted by Crippen LogP contribution is -2.25. The highest BCUT2D eigenvalue weighted by molar-refractivity contribution is 14.1. The summed E-state index contributed by atoms with van der Waals surface area (Å²) in [6.07, 6.45) is -0.387. The Morgan fingerprint density at radius 2 is 1.89 bits per heavy atom. The van der Waals surface area contributed by atoms with Crippen molar-refractivity contribution in [2.75, 3.05) is 4.43 Å². The van der Waals surface area contributed by atoms with E-state index in [1.807, 2.05) is 13.8 Å². The van der Waals surface area contributed by atoms with Crippen LogP contribution in [0.25, 0.3) is 0 Å². The molecule has 9 heavy (non-hydrogen) atoms. The third-order valence-corrected chi connectivity index (χ3v) is 4.94. The molecular formula is C6H11I2O. The molecule has 55 valence electrons. The summed E-state index contributed by atoms with van der Waals surface area (Å²) in [7, 11) is 0. The summed E-state index contributed by atoms with van der Waals surface area (Å²) in [5.74, 6) is 0.279. The van der Waals surface area contributed by atoms with Gasteiger partial charge in [-0.3, -0.25) is 0 Å². The topological polar surface area (TPSA) is 19.9 Å². The second-order valence-electron chi connectivity index (χ2n) is 2.38. The summed E-state index contributed by atoms with van der Waals surface area (Å²) in [5, 5.41) is 11.1. The Morgan fingerprint density at radius 1 is 1.44 bits per heavy atom. The maximum atomic E-state index is 11.1. The van der Waals surface area contributed by atoms with Crippen molar-refractivity contribution < 1.29 is 5.11 Å². The Bertz CT molecular complexity index is 75.5. The lowest BCUT2D eigenvalue weighted by Gasteiger charge is -2.15. The second-order valence-corrected chi connectivity index (χ2v) is 4.86. The van der Waals surface area contributed by atoms with Crippen molar-refractivity contribution in [3.05, 3.63) is 0 Å². The van der Waals surface area contributed by atoms with E-state index >= 15 is 0 Å². The first-order chi connectivity index (χ1) is 4.09. The van der Waals surface area contributed by atoms with Crippen LogP contribution < -0.4 is 0 Å². The summed E-state index contributed by atoms with van der Waals surface area (Å²) in [4.78, 5) is 0. The van der Waals surface area contributed by atoms with E-state index in [2.05, 4.69) is 45.2 Å². The first-order valence-corrected chi connectivity index (χ1v) is 5.72. The molecule has 0 fully saturated rings. The summed E-state index contributed by atoms with van der Waals surface area (Å²) in [6, 6.07) is 0. The van der Waals surface area contributed by atoms with Crippen molar-refractivity contribution in [1.82, 2.24) is 0 Å². The van der Waals surface area contributed by atoms with Crippen LogP contribution in [0.15, 0.2) is 0 Å². The lowest BCUT2D eigenvalue weighted by molar-refractivity contribution is 0.0562. The third-order valence-electron chi connectivity index (χ3n) is 1.16. The van der Waals surface area contributed by atoms with E-state index in [0.717, 1.165) is 4.43 Å². The molecule has 1 nitrogen and oxygen atoms in total. The minimum absolute atomic E-state index is 0.279. The van der Waals surface area contributed by atoms with Gasteiger partial charge in [0.1, 0.15) is 6.10 Å².